The molecule has 8 heteroatoms. The topological polar surface area (TPSA) is 84.9 Å². The lowest BCUT2D eigenvalue weighted by Gasteiger charge is -2.18. The second-order valence-corrected chi connectivity index (χ2v) is 8.43. The molecule has 0 aliphatic heterocycles. The van der Waals surface area contributed by atoms with Gasteiger partial charge in [0.1, 0.15) is 0 Å². The van der Waals surface area contributed by atoms with Crippen molar-refractivity contribution in [1.29, 1.82) is 0 Å². The predicted octanol–water partition coefficient (Wildman–Crippen LogP) is 3.91. The van der Waals surface area contributed by atoms with Crippen LogP contribution in [-0.2, 0) is 14.8 Å². The number of nitrogens with one attached hydrogen (secondary N) is 1. The standard InChI is InChI=1S/C22H30N2O5S/c1-4-24(5-2)30(26,27)19-15-13-18(14-16-19)23-22(25)12-9-17-29-21-11-8-7-10-20(21)28-6-3/h7-8,10-11,13-16H,4-6,9,12,17H2,1-3H3,(H,23,25). The Morgan fingerprint density at radius 3 is 2.10 bits per heavy atom. The third-order valence-electron chi connectivity index (χ3n) is 4.44. The monoisotopic (exact) mass is 434 g/mol. The smallest absolute Gasteiger partial charge is 0.243 e. The van der Waals surface area contributed by atoms with Gasteiger partial charge >= 0.3 is 0 Å². The maximum Gasteiger partial charge on any atom is 0.243 e. The molecule has 0 spiro atoms. The number of para-hydroxylation sites is 2. The van der Waals surface area contributed by atoms with Crippen LogP contribution in [0.25, 0.3) is 0 Å². The molecule has 30 heavy (non-hydrogen) atoms. The molecule has 0 heterocycles. The molecule has 164 valence electrons. The summed E-state index contributed by atoms with van der Waals surface area (Å²) in [5.41, 5.74) is 0.557. The highest BCUT2D eigenvalue weighted by Crippen LogP contribution is 2.26. The van der Waals surface area contributed by atoms with Crippen molar-refractivity contribution in [2.24, 2.45) is 0 Å². The van der Waals surface area contributed by atoms with Crippen LogP contribution in [0.3, 0.4) is 0 Å². The van der Waals surface area contributed by atoms with Crippen molar-refractivity contribution >= 4 is 21.6 Å². The van der Waals surface area contributed by atoms with Crippen LogP contribution in [0.2, 0.25) is 0 Å². The number of amides is 1. The minimum atomic E-state index is -3.50. The van der Waals surface area contributed by atoms with Crippen LogP contribution in [0.1, 0.15) is 33.6 Å². The molecular weight excluding hydrogens is 404 g/mol. The van der Waals surface area contributed by atoms with Gasteiger partial charge in [-0.25, -0.2) is 8.42 Å². The summed E-state index contributed by atoms with van der Waals surface area (Å²) < 4.78 is 37.6. The number of benzene rings is 2. The van der Waals surface area contributed by atoms with Crippen molar-refractivity contribution in [1.82, 2.24) is 4.31 Å². The second kappa shape index (κ2) is 11.6. The van der Waals surface area contributed by atoms with Crippen molar-refractivity contribution in [2.75, 3.05) is 31.6 Å². The molecule has 2 aromatic rings. The molecule has 1 amide bonds. The molecular formula is C22H30N2O5S. The molecule has 0 saturated carbocycles. The molecule has 0 atom stereocenters. The third kappa shape index (κ3) is 6.47. The van der Waals surface area contributed by atoms with Crippen molar-refractivity contribution in [3.8, 4) is 11.5 Å². The Morgan fingerprint density at radius 2 is 1.53 bits per heavy atom. The lowest BCUT2D eigenvalue weighted by atomic mass is 10.2. The van der Waals surface area contributed by atoms with Gasteiger partial charge in [0, 0.05) is 25.2 Å². The summed E-state index contributed by atoms with van der Waals surface area (Å²) in [4.78, 5) is 12.4. The zero-order valence-corrected chi connectivity index (χ0v) is 18.6. The molecule has 7 nitrogen and oxygen atoms in total. The lowest BCUT2D eigenvalue weighted by molar-refractivity contribution is -0.116. The third-order valence-corrected chi connectivity index (χ3v) is 6.50. The van der Waals surface area contributed by atoms with E-state index in [1.165, 1.54) is 16.4 Å². The van der Waals surface area contributed by atoms with E-state index in [1.54, 1.807) is 26.0 Å². The zero-order valence-electron chi connectivity index (χ0n) is 17.8. The maximum absolute atomic E-state index is 12.5. The number of carbonyl (C=O) groups is 1. The quantitative estimate of drug-likeness (QED) is 0.512. The van der Waals surface area contributed by atoms with Gasteiger partial charge in [-0.05, 0) is 49.7 Å². The Labute approximate surface area is 179 Å². The fraction of sp³-hybridized carbons (Fsp3) is 0.409. The van der Waals surface area contributed by atoms with E-state index in [2.05, 4.69) is 5.32 Å². The van der Waals surface area contributed by atoms with E-state index < -0.39 is 10.0 Å². The molecule has 0 aliphatic rings. The summed E-state index contributed by atoms with van der Waals surface area (Å²) in [7, 11) is -3.50. The van der Waals surface area contributed by atoms with Gasteiger partial charge < -0.3 is 14.8 Å². The summed E-state index contributed by atoms with van der Waals surface area (Å²) in [5, 5.41) is 2.78. The molecule has 2 rings (SSSR count). The highest BCUT2D eigenvalue weighted by atomic mass is 32.2. The Bertz CT molecular complexity index is 909. The van der Waals surface area contributed by atoms with E-state index in [0.717, 1.165) is 0 Å². The van der Waals surface area contributed by atoms with E-state index in [9.17, 15) is 13.2 Å². The number of hydrogen-bond acceptors (Lipinski definition) is 5. The van der Waals surface area contributed by atoms with Gasteiger partial charge in [0.05, 0.1) is 18.1 Å². The van der Waals surface area contributed by atoms with Crippen LogP contribution in [-0.4, -0.2) is 44.9 Å². The van der Waals surface area contributed by atoms with E-state index in [4.69, 9.17) is 9.47 Å². The number of carbonyl (C=O) groups excluding carboxylic acids is 1. The Hall–Kier alpha value is -2.58. The molecule has 0 aromatic heterocycles. The zero-order chi connectivity index (χ0) is 22.0. The first-order valence-electron chi connectivity index (χ1n) is 10.2. The number of rotatable bonds is 12. The van der Waals surface area contributed by atoms with Crippen LogP contribution in [0.5, 0.6) is 11.5 Å². The molecule has 1 N–H and O–H groups in total. The van der Waals surface area contributed by atoms with Gasteiger partial charge in [-0.1, -0.05) is 26.0 Å². The number of anilines is 1. The van der Waals surface area contributed by atoms with Crippen LogP contribution >= 0.6 is 0 Å². The first-order valence-corrected chi connectivity index (χ1v) is 11.6. The average Bonchev–Trinajstić information content (AvgIpc) is 2.73. The minimum absolute atomic E-state index is 0.156. The number of hydrogen-bond donors (Lipinski definition) is 1. The van der Waals surface area contributed by atoms with Gasteiger partial charge in [-0.15, -0.1) is 0 Å². The summed E-state index contributed by atoms with van der Waals surface area (Å²) in [6.07, 6.45) is 0.830. The normalized spacial score (nSPS) is 11.3. The SMILES string of the molecule is CCOc1ccccc1OCCCC(=O)Nc1ccc(S(=O)(=O)N(CC)CC)cc1. The van der Waals surface area contributed by atoms with Crippen molar-refractivity contribution in [3.05, 3.63) is 48.5 Å². The van der Waals surface area contributed by atoms with Gasteiger partial charge in [-0.3, -0.25) is 4.79 Å². The number of sulfonamides is 1. The highest BCUT2D eigenvalue weighted by molar-refractivity contribution is 7.89. The summed E-state index contributed by atoms with van der Waals surface area (Å²) in [6, 6.07) is 13.6. The summed E-state index contributed by atoms with van der Waals surface area (Å²) in [6.45, 7) is 7.27. The van der Waals surface area contributed by atoms with E-state index in [1.807, 2.05) is 31.2 Å². The van der Waals surface area contributed by atoms with Crippen molar-refractivity contribution < 1.29 is 22.7 Å². The van der Waals surface area contributed by atoms with Crippen molar-refractivity contribution in [2.45, 2.75) is 38.5 Å². The first-order chi connectivity index (χ1) is 14.4. The summed E-state index contributed by atoms with van der Waals surface area (Å²) >= 11 is 0. The molecule has 0 unspecified atom stereocenters. The van der Waals surface area contributed by atoms with Crippen LogP contribution in [0, 0.1) is 0 Å². The molecule has 0 aliphatic carbocycles. The van der Waals surface area contributed by atoms with E-state index in [-0.39, 0.29) is 17.2 Å². The first kappa shape index (κ1) is 23.7. The Balaban J connectivity index is 1.83. The predicted molar refractivity (Wildman–Crippen MR) is 118 cm³/mol. The highest BCUT2D eigenvalue weighted by Gasteiger charge is 2.21. The molecule has 0 fully saturated rings. The average molecular weight is 435 g/mol. The fourth-order valence-electron chi connectivity index (χ4n) is 2.91. The van der Waals surface area contributed by atoms with E-state index in [0.29, 0.717) is 49.9 Å². The molecule has 0 radical (unpaired) electrons. The Morgan fingerprint density at radius 1 is 0.933 bits per heavy atom. The second-order valence-electron chi connectivity index (χ2n) is 6.49. The van der Waals surface area contributed by atoms with Crippen molar-refractivity contribution in [3.63, 3.8) is 0 Å². The molecule has 2 aromatic carbocycles. The van der Waals surface area contributed by atoms with Gasteiger partial charge in [-0.2, -0.15) is 4.31 Å². The minimum Gasteiger partial charge on any atom is -0.490 e. The van der Waals surface area contributed by atoms with Crippen LogP contribution < -0.4 is 14.8 Å². The van der Waals surface area contributed by atoms with Gasteiger partial charge in [0.2, 0.25) is 15.9 Å². The summed E-state index contributed by atoms with van der Waals surface area (Å²) in [5.74, 6) is 1.19. The van der Waals surface area contributed by atoms with Crippen LogP contribution in [0.15, 0.2) is 53.4 Å². The number of ether oxygens (including phenoxy) is 2. The van der Waals surface area contributed by atoms with Gasteiger partial charge in [0.25, 0.3) is 0 Å². The maximum atomic E-state index is 12.5. The number of nitrogens with zero attached hydrogens (tertiary/aromatic N) is 1. The van der Waals surface area contributed by atoms with Crippen LogP contribution in [0.4, 0.5) is 5.69 Å². The molecule has 0 saturated heterocycles. The lowest BCUT2D eigenvalue weighted by Crippen LogP contribution is -2.30. The Kier molecular flexibility index (Phi) is 9.14. The largest absolute Gasteiger partial charge is 0.490 e. The van der Waals surface area contributed by atoms with E-state index >= 15 is 0 Å². The van der Waals surface area contributed by atoms with Gasteiger partial charge in [0.15, 0.2) is 11.5 Å². The fourth-order valence-corrected chi connectivity index (χ4v) is 4.36. The molecule has 0 bridgehead atoms.